The highest BCUT2D eigenvalue weighted by Crippen LogP contribution is 2.30. The van der Waals surface area contributed by atoms with Crippen molar-refractivity contribution < 1.29 is 0 Å². The van der Waals surface area contributed by atoms with Gasteiger partial charge in [0, 0.05) is 36.8 Å². The predicted octanol–water partition coefficient (Wildman–Crippen LogP) is 3.42. The highest BCUT2D eigenvalue weighted by molar-refractivity contribution is 6.33. The maximum absolute atomic E-state index is 8.38. The first-order valence-corrected chi connectivity index (χ1v) is 6.44. The zero-order chi connectivity index (χ0) is 13.0. The van der Waals surface area contributed by atoms with Gasteiger partial charge in [0.15, 0.2) is 0 Å². The van der Waals surface area contributed by atoms with Gasteiger partial charge in [-0.25, -0.2) is 0 Å². The van der Waals surface area contributed by atoms with E-state index in [2.05, 4.69) is 26.7 Å². The van der Waals surface area contributed by atoms with Crippen LogP contribution in [0.2, 0.25) is 5.02 Å². The smallest absolute Gasteiger partial charge is 0.0644 e. The number of likely N-dealkylation sites (N-methyl/N-ethyl adjacent to an activating group) is 1. The van der Waals surface area contributed by atoms with Crippen molar-refractivity contribution in [2.24, 2.45) is 5.11 Å². The molecule has 96 valence electrons. The van der Waals surface area contributed by atoms with Crippen molar-refractivity contribution >= 4 is 23.0 Å². The highest BCUT2D eigenvalue weighted by Gasteiger charge is 2.17. The normalized spacial score (nSPS) is 16.4. The average molecular weight is 266 g/mol. The lowest BCUT2D eigenvalue weighted by Gasteiger charge is -2.35. The Hall–Kier alpha value is -1.42. The standard InChI is InChI=1S/C12H16ClN5/c1-2-17-5-7-18(8-6-17)12-4-3-10(15-16-14)9-11(12)13/h3-4,9H,2,5-8H2,1H3. The van der Waals surface area contributed by atoms with Gasteiger partial charge in [-0.1, -0.05) is 29.7 Å². The Balaban J connectivity index is 2.12. The van der Waals surface area contributed by atoms with Crippen molar-refractivity contribution in [1.82, 2.24) is 4.90 Å². The van der Waals surface area contributed by atoms with E-state index in [1.54, 1.807) is 12.1 Å². The fraction of sp³-hybridized carbons (Fsp3) is 0.500. The molecule has 0 amide bonds. The minimum Gasteiger partial charge on any atom is -0.368 e. The average Bonchev–Trinajstić information content (AvgIpc) is 2.40. The van der Waals surface area contributed by atoms with Crippen molar-refractivity contribution in [3.05, 3.63) is 33.7 Å². The maximum atomic E-state index is 8.38. The Morgan fingerprint density at radius 3 is 2.61 bits per heavy atom. The second-order valence-corrected chi connectivity index (χ2v) is 4.65. The van der Waals surface area contributed by atoms with E-state index in [1.165, 1.54) is 0 Å². The number of azide groups is 1. The van der Waals surface area contributed by atoms with Crippen LogP contribution in [0, 0.1) is 0 Å². The molecular formula is C12H16ClN5. The summed E-state index contributed by atoms with van der Waals surface area (Å²) in [5, 5.41) is 4.19. The third-order valence-corrected chi connectivity index (χ3v) is 3.55. The Labute approximate surface area is 112 Å². The Kier molecular flexibility index (Phi) is 4.31. The number of benzene rings is 1. The van der Waals surface area contributed by atoms with Gasteiger partial charge in [0.05, 0.1) is 10.7 Å². The van der Waals surface area contributed by atoms with E-state index in [4.69, 9.17) is 17.1 Å². The first kappa shape index (κ1) is 13.0. The summed E-state index contributed by atoms with van der Waals surface area (Å²) in [6.07, 6.45) is 0. The van der Waals surface area contributed by atoms with Gasteiger partial charge in [-0.2, -0.15) is 0 Å². The highest BCUT2D eigenvalue weighted by atomic mass is 35.5. The molecule has 0 aliphatic carbocycles. The first-order chi connectivity index (χ1) is 8.74. The van der Waals surface area contributed by atoms with Crippen LogP contribution in [0.4, 0.5) is 11.4 Å². The zero-order valence-electron chi connectivity index (χ0n) is 10.4. The first-order valence-electron chi connectivity index (χ1n) is 6.06. The minimum absolute atomic E-state index is 0.554. The molecule has 1 saturated heterocycles. The topological polar surface area (TPSA) is 55.2 Å². The fourth-order valence-electron chi connectivity index (χ4n) is 2.17. The van der Waals surface area contributed by atoms with Gasteiger partial charge in [-0.15, -0.1) is 0 Å². The van der Waals surface area contributed by atoms with E-state index in [-0.39, 0.29) is 0 Å². The molecule has 6 heteroatoms. The van der Waals surface area contributed by atoms with Crippen molar-refractivity contribution in [3.63, 3.8) is 0 Å². The van der Waals surface area contributed by atoms with Crippen LogP contribution in [0.25, 0.3) is 10.4 Å². The molecule has 1 aliphatic rings. The molecule has 1 aromatic carbocycles. The van der Waals surface area contributed by atoms with Crippen LogP contribution in [0.5, 0.6) is 0 Å². The summed E-state index contributed by atoms with van der Waals surface area (Å²) >= 11 is 6.23. The quantitative estimate of drug-likeness (QED) is 0.478. The zero-order valence-corrected chi connectivity index (χ0v) is 11.1. The number of rotatable bonds is 3. The van der Waals surface area contributed by atoms with Crippen LogP contribution in [0.15, 0.2) is 23.3 Å². The van der Waals surface area contributed by atoms with Crippen LogP contribution in [0.1, 0.15) is 6.92 Å². The summed E-state index contributed by atoms with van der Waals surface area (Å²) in [5.41, 5.74) is 9.96. The Bertz CT molecular complexity index is 462. The van der Waals surface area contributed by atoms with Gasteiger partial charge in [-0.05, 0) is 24.2 Å². The van der Waals surface area contributed by atoms with Crippen LogP contribution in [0.3, 0.4) is 0 Å². The lowest BCUT2D eigenvalue weighted by Crippen LogP contribution is -2.46. The molecule has 0 N–H and O–H groups in total. The van der Waals surface area contributed by atoms with E-state index in [0.717, 1.165) is 38.4 Å². The van der Waals surface area contributed by atoms with Crippen LogP contribution >= 0.6 is 11.6 Å². The molecule has 1 fully saturated rings. The number of piperazine rings is 1. The van der Waals surface area contributed by atoms with E-state index < -0.39 is 0 Å². The summed E-state index contributed by atoms with van der Waals surface area (Å²) in [6.45, 7) is 7.35. The van der Waals surface area contributed by atoms with Gasteiger partial charge in [0.2, 0.25) is 0 Å². The van der Waals surface area contributed by atoms with Gasteiger partial charge in [0.1, 0.15) is 0 Å². The minimum atomic E-state index is 0.554. The van der Waals surface area contributed by atoms with Crippen molar-refractivity contribution in [2.75, 3.05) is 37.6 Å². The molecule has 0 atom stereocenters. The summed E-state index contributed by atoms with van der Waals surface area (Å²) in [6, 6.07) is 5.43. The van der Waals surface area contributed by atoms with E-state index in [9.17, 15) is 0 Å². The molecule has 0 spiro atoms. The third-order valence-electron chi connectivity index (χ3n) is 3.25. The molecule has 0 radical (unpaired) electrons. The molecule has 1 aromatic rings. The van der Waals surface area contributed by atoms with Gasteiger partial charge in [-0.3, -0.25) is 0 Å². The second kappa shape index (κ2) is 5.96. The number of hydrogen-bond acceptors (Lipinski definition) is 3. The molecule has 0 unspecified atom stereocenters. The summed E-state index contributed by atoms with van der Waals surface area (Å²) in [4.78, 5) is 7.44. The molecule has 0 aromatic heterocycles. The van der Waals surface area contributed by atoms with Crippen molar-refractivity contribution in [3.8, 4) is 0 Å². The largest absolute Gasteiger partial charge is 0.368 e. The van der Waals surface area contributed by atoms with Crippen LogP contribution in [-0.4, -0.2) is 37.6 Å². The number of hydrogen-bond donors (Lipinski definition) is 0. The molecule has 2 rings (SSSR count). The number of nitrogens with zero attached hydrogens (tertiary/aromatic N) is 5. The Morgan fingerprint density at radius 1 is 1.33 bits per heavy atom. The van der Waals surface area contributed by atoms with E-state index in [0.29, 0.717) is 10.7 Å². The summed E-state index contributed by atoms with van der Waals surface area (Å²) in [7, 11) is 0. The molecule has 0 saturated carbocycles. The lowest BCUT2D eigenvalue weighted by molar-refractivity contribution is 0.271. The second-order valence-electron chi connectivity index (χ2n) is 4.25. The maximum Gasteiger partial charge on any atom is 0.0644 e. The fourth-order valence-corrected chi connectivity index (χ4v) is 2.47. The Morgan fingerprint density at radius 2 is 2.06 bits per heavy atom. The molecular weight excluding hydrogens is 250 g/mol. The van der Waals surface area contributed by atoms with E-state index in [1.807, 2.05) is 6.07 Å². The van der Waals surface area contributed by atoms with Gasteiger partial charge in [0.25, 0.3) is 0 Å². The monoisotopic (exact) mass is 265 g/mol. The molecule has 1 heterocycles. The summed E-state index contributed by atoms with van der Waals surface area (Å²) < 4.78 is 0. The van der Waals surface area contributed by atoms with Crippen LogP contribution < -0.4 is 4.90 Å². The van der Waals surface area contributed by atoms with Gasteiger partial charge < -0.3 is 9.80 Å². The molecule has 18 heavy (non-hydrogen) atoms. The molecule has 0 bridgehead atoms. The predicted molar refractivity (Wildman–Crippen MR) is 74.6 cm³/mol. The van der Waals surface area contributed by atoms with Crippen molar-refractivity contribution in [1.29, 1.82) is 0 Å². The van der Waals surface area contributed by atoms with Crippen LogP contribution in [-0.2, 0) is 0 Å². The molecule has 5 nitrogen and oxygen atoms in total. The third kappa shape index (κ3) is 2.88. The van der Waals surface area contributed by atoms with Gasteiger partial charge >= 0.3 is 0 Å². The summed E-state index contributed by atoms with van der Waals surface area (Å²) in [5.74, 6) is 0. The number of anilines is 1. The van der Waals surface area contributed by atoms with E-state index >= 15 is 0 Å². The lowest BCUT2D eigenvalue weighted by atomic mass is 10.2. The van der Waals surface area contributed by atoms with Crippen molar-refractivity contribution in [2.45, 2.75) is 6.92 Å². The molecule has 1 aliphatic heterocycles. The SMILES string of the molecule is CCN1CCN(c2ccc(N=[N+]=[N-])cc2Cl)CC1. The number of halogens is 1.